The van der Waals surface area contributed by atoms with Crippen molar-refractivity contribution in [3.63, 3.8) is 0 Å². The zero-order valence-corrected chi connectivity index (χ0v) is 12.2. The van der Waals surface area contributed by atoms with Gasteiger partial charge in [-0.3, -0.25) is 9.59 Å². The summed E-state index contributed by atoms with van der Waals surface area (Å²) in [7, 11) is 1.27. The van der Waals surface area contributed by atoms with E-state index >= 15 is 0 Å². The Morgan fingerprint density at radius 2 is 2.00 bits per heavy atom. The number of esters is 1. The van der Waals surface area contributed by atoms with Gasteiger partial charge in [0.05, 0.1) is 25.7 Å². The molecule has 0 bridgehead atoms. The third-order valence-electron chi connectivity index (χ3n) is 4.39. The maximum atomic E-state index is 12.4. The van der Waals surface area contributed by atoms with Gasteiger partial charge in [0.2, 0.25) is 5.91 Å². The van der Waals surface area contributed by atoms with Crippen LogP contribution in [-0.2, 0) is 23.9 Å². The molecule has 2 fully saturated rings. The predicted molar refractivity (Wildman–Crippen MR) is 71.5 cm³/mol. The first-order valence-corrected chi connectivity index (χ1v) is 7.19. The lowest BCUT2D eigenvalue weighted by Crippen LogP contribution is -2.50. The molecule has 7 nitrogen and oxygen atoms in total. The first-order valence-electron chi connectivity index (χ1n) is 7.19. The van der Waals surface area contributed by atoms with Crippen LogP contribution in [0.5, 0.6) is 0 Å². The minimum absolute atomic E-state index is 0.00374. The average molecular weight is 299 g/mol. The number of carboxylic acids is 1. The molecule has 7 heteroatoms. The maximum Gasteiger partial charge on any atom is 0.336 e. The van der Waals surface area contributed by atoms with Crippen LogP contribution in [0, 0.1) is 5.41 Å². The van der Waals surface area contributed by atoms with Gasteiger partial charge >= 0.3 is 11.9 Å². The Labute approximate surface area is 123 Å². The fourth-order valence-electron chi connectivity index (χ4n) is 3.07. The normalized spacial score (nSPS) is 24.6. The highest BCUT2D eigenvalue weighted by atomic mass is 16.6. The molecule has 0 aromatic rings. The molecule has 1 aliphatic carbocycles. The molecule has 21 heavy (non-hydrogen) atoms. The van der Waals surface area contributed by atoms with Crippen LogP contribution in [0.4, 0.5) is 0 Å². The standard InChI is InChI=1S/C14H21NO6/c1-20-12(17)10-9-15(6-7-21-10)11(16)8-14(13(18)19)4-2-3-5-14/h10H,2-9H2,1H3,(H,18,19). The van der Waals surface area contributed by atoms with Gasteiger partial charge in [0.25, 0.3) is 0 Å². The summed E-state index contributed by atoms with van der Waals surface area (Å²) in [6, 6.07) is 0. The largest absolute Gasteiger partial charge is 0.481 e. The molecule has 1 N–H and O–H groups in total. The van der Waals surface area contributed by atoms with Gasteiger partial charge in [-0.2, -0.15) is 0 Å². The number of rotatable bonds is 4. The van der Waals surface area contributed by atoms with Crippen LogP contribution >= 0.6 is 0 Å². The maximum absolute atomic E-state index is 12.4. The third-order valence-corrected chi connectivity index (χ3v) is 4.39. The van der Waals surface area contributed by atoms with E-state index in [0.29, 0.717) is 19.4 Å². The summed E-state index contributed by atoms with van der Waals surface area (Å²) >= 11 is 0. The Balaban J connectivity index is 1.99. The minimum Gasteiger partial charge on any atom is -0.481 e. The highest BCUT2D eigenvalue weighted by Gasteiger charge is 2.44. The minimum atomic E-state index is -0.934. The summed E-state index contributed by atoms with van der Waals surface area (Å²) in [6.07, 6.45) is 1.98. The summed E-state index contributed by atoms with van der Waals surface area (Å²) < 4.78 is 9.88. The van der Waals surface area contributed by atoms with E-state index in [1.54, 1.807) is 0 Å². The van der Waals surface area contributed by atoms with Crippen molar-refractivity contribution < 1.29 is 29.0 Å². The van der Waals surface area contributed by atoms with Crippen molar-refractivity contribution in [1.29, 1.82) is 0 Å². The number of morpholine rings is 1. The molecule has 1 heterocycles. The Morgan fingerprint density at radius 1 is 1.33 bits per heavy atom. The van der Waals surface area contributed by atoms with E-state index in [9.17, 15) is 19.5 Å². The van der Waals surface area contributed by atoms with Gasteiger partial charge in [0.1, 0.15) is 0 Å². The van der Waals surface area contributed by atoms with Gasteiger partial charge in [0, 0.05) is 13.0 Å². The van der Waals surface area contributed by atoms with Gasteiger partial charge in [-0.15, -0.1) is 0 Å². The van der Waals surface area contributed by atoms with Gasteiger partial charge in [-0.05, 0) is 12.8 Å². The number of hydrogen-bond acceptors (Lipinski definition) is 5. The zero-order chi connectivity index (χ0) is 15.5. The van der Waals surface area contributed by atoms with Gasteiger partial charge in [0.15, 0.2) is 6.10 Å². The quantitative estimate of drug-likeness (QED) is 0.756. The van der Waals surface area contributed by atoms with Crippen molar-refractivity contribution in [2.75, 3.05) is 26.8 Å². The van der Waals surface area contributed by atoms with Crippen molar-refractivity contribution in [2.24, 2.45) is 5.41 Å². The molecule has 0 radical (unpaired) electrons. The number of carbonyl (C=O) groups excluding carboxylic acids is 2. The van der Waals surface area contributed by atoms with E-state index in [-0.39, 0.29) is 25.5 Å². The Bertz CT molecular complexity index is 429. The summed E-state index contributed by atoms with van der Waals surface area (Å²) in [5.41, 5.74) is -0.934. The molecule has 0 aromatic carbocycles. The molecule has 118 valence electrons. The second-order valence-electron chi connectivity index (χ2n) is 5.69. The predicted octanol–water partition coefficient (Wildman–Crippen LogP) is 0.422. The highest BCUT2D eigenvalue weighted by Crippen LogP contribution is 2.41. The molecule has 1 amide bonds. The molecule has 1 unspecified atom stereocenters. The lowest BCUT2D eigenvalue weighted by molar-refractivity contribution is -0.165. The number of hydrogen-bond donors (Lipinski definition) is 1. The summed E-state index contributed by atoms with van der Waals surface area (Å²) in [5.74, 6) is -1.64. The summed E-state index contributed by atoms with van der Waals surface area (Å²) in [4.78, 5) is 36.8. The number of nitrogens with zero attached hydrogens (tertiary/aromatic N) is 1. The molecule has 2 rings (SSSR count). The second kappa shape index (κ2) is 6.43. The van der Waals surface area contributed by atoms with Crippen molar-refractivity contribution in [3.05, 3.63) is 0 Å². The van der Waals surface area contributed by atoms with E-state index in [4.69, 9.17) is 4.74 Å². The highest BCUT2D eigenvalue weighted by molar-refractivity contribution is 5.86. The smallest absolute Gasteiger partial charge is 0.336 e. The van der Waals surface area contributed by atoms with E-state index in [2.05, 4.69) is 4.74 Å². The van der Waals surface area contributed by atoms with Crippen LogP contribution in [0.1, 0.15) is 32.1 Å². The Kier molecular flexibility index (Phi) is 4.82. The van der Waals surface area contributed by atoms with E-state index < -0.39 is 23.5 Å². The van der Waals surface area contributed by atoms with Crippen molar-refractivity contribution in [3.8, 4) is 0 Å². The number of carbonyl (C=O) groups is 3. The van der Waals surface area contributed by atoms with E-state index in [1.165, 1.54) is 12.0 Å². The SMILES string of the molecule is COC(=O)C1CN(C(=O)CC2(C(=O)O)CCCC2)CCO1. The molecular formula is C14H21NO6. The first-order chi connectivity index (χ1) is 9.98. The monoisotopic (exact) mass is 299 g/mol. The van der Waals surface area contributed by atoms with Crippen LogP contribution < -0.4 is 0 Å². The molecule has 1 aliphatic heterocycles. The van der Waals surface area contributed by atoms with E-state index in [1.807, 2.05) is 0 Å². The number of carboxylic acid groups (broad SMARTS) is 1. The second-order valence-corrected chi connectivity index (χ2v) is 5.69. The third kappa shape index (κ3) is 3.34. The Hall–Kier alpha value is -1.63. The molecule has 1 atom stereocenters. The topological polar surface area (TPSA) is 93.1 Å². The number of aliphatic carboxylic acids is 1. The summed E-state index contributed by atoms with van der Waals surface area (Å²) in [5, 5.41) is 9.42. The van der Waals surface area contributed by atoms with Gasteiger partial charge < -0.3 is 19.5 Å². The van der Waals surface area contributed by atoms with Crippen molar-refractivity contribution in [2.45, 2.75) is 38.2 Å². The van der Waals surface area contributed by atoms with Gasteiger partial charge in [-0.25, -0.2) is 4.79 Å². The first kappa shape index (κ1) is 15.8. The van der Waals surface area contributed by atoms with Crippen LogP contribution in [-0.4, -0.2) is 60.8 Å². The molecule has 0 aromatic heterocycles. The number of amides is 1. The van der Waals surface area contributed by atoms with Crippen LogP contribution in [0.15, 0.2) is 0 Å². The summed E-state index contributed by atoms with van der Waals surface area (Å²) in [6.45, 7) is 0.759. The van der Waals surface area contributed by atoms with Crippen LogP contribution in [0.25, 0.3) is 0 Å². The molecule has 1 saturated carbocycles. The van der Waals surface area contributed by atoms with Crippen molar-refractivity contribution >= 4 is 17.8 Å². The average Bonchev–Trinajstić information content (AvgIpc) is 2.96. The van der Waals surface area contributed by atoms with Crippen LogP contribution in [0.3, 0.4) is 0 Å². The van der Waals surface area contributed by atoms with E-state index in [0.717, 1.165) is 12.8 Å². The number of methoxy groups -OCH3 is 1. The van der Waals surface area contributed by atoms with Crippen molar-refractivity contribution in [1.82, 2.24) is 4.90 Å². The van der Waals surface area contributed by atoms with Crippen LogP contribution in [0.2, 0.25) is 0 Å². The lowest BCUT2D eigenvalue weighted by Gasteiger charge is -2.33. The lowest BCUT2D eigenvalue weighted by atomic mass is 9.82. The molecular weight excluding hydrogens is 278 g/mol. The zero-order valence-electron chi connectivity index (χ0n) is 12.2. The molecule has 1 saturated heterocycles. The van der Waals surface area contributed by atoms with Gasteiger partial charge in [-0.1, -0.05) is 12.8 Å². The Morgan fingerprint density at radius 3 is 2.57 bits per heavy atom. The molecule has 0 spiro atoms. The fourth-order valence-corrected chi connectivity index (χ4v) is 3.07. The fraction of sp³-hybridized carbons (Fsp3) is 0.786. The number of ether oxygens (including phenoxy) is 2. The molecule has 2 aliphatic rings.